The van der Waals surface area contributed by atoms with E-state index in [1.807, 2.05) is 12.1 Å². The molecule has 0 aliphatic carbocycles. The number of carbonyl (C=O) groups excluding carboxylic acids is 1. The van der Waals surface area contributed by atoms with Crippen molar-refractivity contribution in [1.82, 2.24) is 4.98 Å². The minimum atomic E-state index is -1.02. The van der Waals surface area contributed by atoms with Crippen LogP contribution in [0.4, 0.5) is 5.82 Å². The summed E-state index contributed by atoms with van der Waals surface area (Å²) in [6.45, 7) is 3.44. The van der Waals surface area contributed by atoms with Gasteiger partial charge in [-0.05, 0) is 12.1 Å². The van der Waals surface area contributed by atoms with E-state index in [1.54, 1.807) is 12.1 Å². The van der Waals surface area contributed by atoms with Gasteiger partial charge in [-0.25, -0.2) is 4.98 Å². The van der Waals surface area contributed by atoms with E-state index in [0.717, 1.165) is 0 Å². The monoisotopic (exact) mass is 270 g/mol. The Balaban J connectivity index is 2.77. The van der Waals surface area contributed by atoms with Crippen LogP contribution in [0.1, 0.15) is 12.0 Å². The third kappa shape index (κ3) is 3.98. The molecule has 1 atom stereocenters. The smallest absolute Gasteiger partial charge is 0.160 e. The molecule has 0 radical (unpaired) electrons. The van der Waals surface area contributed by atoms with E-state index < -0.39 is 5.92 Å². The van der Waals surface area contributed by atoms with Gasteiger partial charge in [-0.3, -0.25) is 4.79 Å². The van der Waals surface area contributed by atoms with Gasteiger partial charge in [0.05, 0.1) is 11.6 Å². The van der Waals surface area contributed by atoms with Gasteiger partial charge in [-0.1, -0.05) is 18.3 Å². The molecule has 94 valence electrons. The predicted octanol–water partition coefficient (Wildman–Crippen LogP) is 1.98. The Morgan fingerprint density at radius 1 is 1.58 bits per heavy atom. The van der Waals surface area contributed by atoms with Crippen molar-refractivity contribution >= 4 is 28.8 Å². The second kappa shape index (κ2) is 7.00. The van der Waals surface area contributed by atoms with Crippen LogP contribution >= 0.6 is 12.2 Å². The van der Waals surface area contributed by atoms with Gasteiger partial charge >= 0.3 is 0 Å². The second-order valence-electron chi connectivity index (χ2n) is 3.55. The molecule has 1 N–H and O–H groups in total. The molecular formula is C13H10N4OS. The van der Waals surface area contributed by atoms with Gasteiger partial charge < -0.3 is 5.32 Å². The quantitative estimate of drug-likeness (QED) is 0.650. The standard InChI is InChI=1S/C13H10N4OS/c1-2-3-11(18)10(7-15)13(19)17-12-5-4-9(6-14)8-16-12/h2,4-5,8,10H,1,3H2,(H,16,17,19). The molecule has 0 aliphatic heterocycles. The van der Waals surface area contributed by atoms with E-state index >= 15 is 0 Å². The van der Waals surface area contributed by atoms with Crippen LogP contribution in [0.25, 0.3) is 0 Å². The average molecular weight is 270 g/mol. The molecule has 0 spiro atoms. The Morgan fingerprint density at radius 3 is 2.79 bits per heavy atom. The average Bonchev–Trinajstić information content (AvgIpc) is 2.40. The summed E-state index contributed by atoms with van der Waals surface area (Å²) >= 11 is 5.01. The van der Waals surface area contributed by atoms with E-state index in [1.165, 1.54) is 12.3 Å². The molecule has 5 nitrogen and oxygen atoms in total. The predicted molar refractivity (Wildman–Crippen MR) is 74.1 cm³/mol. The van der Waals surface area contributed by atoms with Crippen LogP contribution in [0.3, 0.4) is 0 Å². The van der Waals surface area contributed by atoms with Gasteiger partial charge in [0.25, 0.3) is 0 Å². The molecule has 19 heavy (non-hydrogen) atoms. The fourth-order valence-corrected chi connectivity index (χ4v) is 1.56. The maximum absolute atomic E-state index is 11.6. The Kier molecular flexibility index (Phi) is 5.34. The molecule has 0 saturated heterocycles. The van der Waals surface area contributed by atoms with E-state index in [9.17, 15) is 4.79 Å². The first-order valence-corrected chi connectivity index (χ1v) is 5.73. The number of aromatic nitrogens is 1. The van der Waals surface area contributed by atoms with Crippen LogP contribution in [0.5, 0.6) is 0 Å². The lowest BCUT2D eigenvalue weighted by Crippen LogP contribution is -2.27. The highest BCUT2D eigenvalue weighted by molar-refractivity contribution is 7.80. The number of ketones is 1. The molecular weight excluding hydrogens is 260 g/mol. The molecule has 0 aromatic carbocycles. The molecule has 0 amide bonds. The number of thiocarbonyl (C=S) groups is 1. The van der Waals surface area contributed by atoms with Gasteiger partial charge in [-0.2, -0.15) is 10.5 Å². The summed E-state index contributed by atoms with van der Waals surface area (Å²) in [5, 5.41) is 20.3. The minimum absolute atomic E-state index is 0.0842. The lowest BCUT2D eigenvalue weighted by Gasteiger charge is -2.10. The van der Waals surface area contributed by atoms with Crippen LogP contribution in [-0.2, 0) is 4.79 Å². The molecule has 1 unspecified atom stereocenters. The first-order valence-electron chi connectivity index (χ1n) is 5.32. The maximum Gasteiger partial charge on any atom is 0.160 e. The van der Waals surface area contributed by atoms with Crippen molar-refractivity contribution in [3.63, 3.8) is 0 Å². The molecule has 6 heteroatoms. The SMILES string of the molecule is C=CCC(=O)C(C#N)C(=S)Nc1ccc(C#N)cn1. The number of nitrogens with one attached hydrogen (secondary N) is 1. The van der Waals surface area contributed by atoms with Gasteiger partial charge in [0, 0.05) is 12.6 Å². The Bertz CT molecular complexity index is 580. The number of pyridine rings is 1. The number of allylic oxidation sites excluding steroid dienone is 1. The Morgan fingerprint density at radius 2 is 2.32 bits per heavy atom. The van der Waals surface area contributed by atoms with Gasteiger partial charge in [0.1, 0.15) is 16.9 Å². The van der Waals surface area contributed by atoms with Crippen molar-refractivity contribution in [1.29, 1.82) is 10.5 Å². The zero-order chi connectivity index (χ0) is 14.3. The number of carbonyl (C=O) groups is 1. The summed E-state index contributed by atoms with van der Waals surface area (Å²) in [7, 11) is 0. The molecule has 1 aromatic rings. The highest BCUT2D eigenvalue weighted by Crippen LogP contribution is 2.10. The third-order valence-corrected chi connectivity index (χ3v) is 2.54. The van der Waals surface area contributed by atoms with E-state index in [-0.39, 0.29) is 17.2 Å². The van der Waals surface area contributed by atoms with E-state index in [4.69, 9.17) is 22.7 Å². The topological polar surface area (TPSA) is 89.6 Å². The number of anilines is 1. The first kappa shape index (κ1) is 14.5. The molecule has 0 fully saturated rings. The Labute approximate surface area is 116 Å². The second-order valence-corrected chi connectivity index (χ2v) is 3.99. The lowest BCUT2D eigenvalue weighted by atomic mass is 10.0. The van der Waals surface area contributed by atoms with Crippen LogP contribution in [0, 0.1) is 28.6 Å². The number of rotatable bonds is 5. The highest BCUT2D eigenvalue weighted by atomic mass is 32.1. The van der Waals surface area contributed by atoms with Crippen molar-refractivity contribution in [2.24, 2.45) is 5.92 Å². The van der Waals surface area contributed by atoms with Gasteiger partial charge in [0.2, 0.25) is 0 Å². The molecule has 0 aliphatic rings. The van der Waals surface area contributed by atoms with Crippen LogP contribution in [-0.4, -0.2) is 15.8 Å². The molecule has 1 heterocycles. The first-order chi connectivity index (χ1) is 9.12. The summed E-state index contributed by atoms with van der Waals surface area (Å²) in [6.07, 6.45) is 2.88. The summed E-state index contributed by atoms with van der Waals surface area (Å²) < 4.78 is 0. The molecule has 0 saturated carbocycles. The normalized spacial score (nSPS) is 10.6. The summed E-state index contributed by atoms with van der Waals surface area (Å²) in [5.41, 5.74) is 0.413. The van der Waals surface area contributed by atoms with Crippen molar-refractivity contribution in [2.45, 2.75) is 6.42 Å². The number of hydrogen-bond donors (Lipinski definition) is 1. The van der Waals surface area contributed by atoms with Crippen molar-refractivity contribution in [2.75, 3.05) is 5.32 Å². The lowest BCUT2D eigenvalue weighted by molar-refractivity contribution is -0.118. The fraction of sp³-hybridized carbons (Fsp3) is 0.154. The van der Waals surface area contributed by atoms with E-state index in [0.29, 0.717) is 11.4 Å². The van der Waals surface area contributed by atoms with Crippen LogP contribution in [0.2, 0.25) is 0 Å². The maximum atomic E-state index is 11.6. The third-order valence-electron chi connectivity index (χ3n) is 2.20. The molecule has 1 aromatic heterocycles. The van der Waals surface area contributed by atoms with Gasteiger partial charge in [-0.15, -0.1) is 6.58 Å². The number of nitriles is 2. The van der Waals surface area contributed by atoms with Gasteiger partial charge in [0.15, 0.2) is 11.7 Å². The van der Waals surface area contributed by atoms with Crippen molar-refractivity contribution in [3.8, 4) is 12.1 Å². The summed E-state index contributed by atoms with van der Waals surface area (Å²) in [5.74, 6) is -0.954. The summed E-state index contributed by atoms with van der Waals surface area (Å²) in [6, 6.07) is 6.90. The highest BCUT2D eigenvalue weighted by Gasteiger charge is 2.21. The van der Waals surface area contributed by atoms with Crippen LogP contribution in [0.15, 0.2) is 31.0 Å². The zero-order valence-corrected chi connectivity index (χ0v) is 10.8. The summed E-state index contributed by atoms with van der Waals surface area (Å²) in [4.78, 5) is 15.7. The zero-order valence-electron chi connectivity index (χ0n) is 9.96. The van der Waals surface area contributed by atoms with Crippen LogP contribution < -0.4 is 5.32 Å². The molecule has 1 rings (SSSR count). The number of hydrogen-bond acceptors (Lipinski definition) is 5. The largest absolute Gasteiger partial charge is 0.333 e. The fourth-order valence-electron chi connectivity index (χ4n) is 1.27. The van der Waals surface area contributed by atoms with Crippen molar-refractivity contribution in [3.05, 3.63) is 36.5 Å². The van der Waals surface area contributed by atoms with Crippen molar-refractivity contribution < 1.29 is 4.79 Å². The minimum Gasteiger partial charge on any atom is -0.333 e. The number of Topliss-reactive ketones (excluding diaryl/α,β-unsaturated/α-hetero) is 1. The molecule has 0 bridgehead atoms. The Hall–Kier alpha value is -2.57. The van der Waals surface area contributed by atoms with E-state index in [2.05, 4.69) is 16.9 Å². The number of nitrogens with zero attached hydrogens (tertiary/aromatic N) is 3.